The summed E-state index contributed by atoms with van der Waals surface area (Å²) in [6.45, 7) is 0.679. The largest absolute Gasteiger partial charge is 0.479 e. The molecule has 5 nitrogen and oxygen atoms in total. The van der Waals surface area contributed by atoms with Gasteiger partial charge in [-0.1, -0.05) is 12.1 Å². The van der Waals surface area contributed by atoms with E-state index < -0.39 is 29.8 Å². The molecule has 0 bridgehead atoms. The number of aliphatic hydroxyl groups is 1. The number of carboxylic acids is 1. The molecule has 0 aliphatic carbocycles. The number of rotatable bonds is 6. The molecule has 1 aromatic carbocycles. The fraction of sp³-hybridized carbons (Fsp3) is 0.333. The lowest BCUT2D eigenvalue weighted by Gasteiger charge is -2.18. The number of amides is 1. The quantitative estimate of drug-likeness (QED) is 0.676. The van der Waals surface area contributed by atoms with Gasteiger partial charge in [0.1, 0.15) is 5.82 Å². The number of carbonyl (C=O) groups excluding carboxylic acids is 1. The van der Waals surface area contributed by atoms with Crippen LogP contribution >= 0.6 is 11.8 Å². The van der Waals surface area contributed by atoms with E-state index in [4.69, 9.17) is 5.11 Å². The number of halogens is 1. The Balaban J connectivity index is 2.41. The van der Waals surface area contributed by atoms with Crippen molar-refractivity contribution >= 4 is 23.6 Å². The van der Waals surface area contributed by atoms with E-state index in [-0.39, 0.29) is 5.75 Å². The molecule has 0 radical (unpaired) electrons. The molecule has 0 saturated heterocycles. The van der Waals surface area contributed by atoms with Crippen molar-refractivity contribution in [1.82, 2.24) is 5.32 Å². The molecule has 0 saturated carbocycles. The van der Waals surface area contributed by atoms with E-state index in [0.29, 0.717) is 4.90 Å². The molecule has 0 spiro atoms. The first-order chi connectivity index (χ1) is 8.83. The highest BCUT2D eigenvalue weighted by Gasteiger charge is 2.30. The first-order valence-electron chi connectivity index (χ1n) is 5.43. The van der Waals surface area contributed by atoms with Gasteiger partial charge >= 0.3 is 5.97 Å². The topological polar surface area (TPSA) is 86.6 Å². The van der Waals surface area contributed by atoms with Crippen molar-refractivity contribution in [2.45, 2.75) is 17.4 Å². The van der Waals surface area contributed by atoms with Crippen LogP contribution in [-0.2, 0) is 9.59 Å². The lowest BCUT2D eigenvalue weighted by Crippen LogP contribution is -2.46. The van der Waals surface area contributed by atoms with Crippen LogP contribution in [0.5, 0.6) is 0 Å². The Hall–Kier alpha value is -1.60. The molecular weight excluding hydrogens is 273 g/mol. The Morgan fingerprint density at radius 3 is 2.63 bits per heavy atom. The Morgan fingerprint density at radius 2 is 2.05 bits per heavy atom. The number of benzene rings is 1. The summed E-state index contributed by atoms with van der Waals surface area (Å²) in [7, 11) is 0. The highest BCUT2D eigenvalue weighted by Crippen LogP contribution is 2.20. The second-order valence-corrected chi connectivity index (χ2v) is 5.09. The van der Waals surface area contributed by atoms with Crippen LogP contribution in [-0.4, -0.2) is 40.0 Å². The molecule has 1 unspecified atom stereocenters. The van der Waals surface area contributed by atoms with Crippen LogP contribution in [0, 0.1) is 5.82 Å². The van der Waals surface area contributed by atoms with Crippen LogP contribution in [0.4, 0.5) is 4.39 Å². The summed E-state index contributed by atoms with van der Waals surface area (Å²) in [6.07, 6.45) is 0. The molecule has 1 amide bonds. The average Bonchev–Trinajstić information content (AvgIpc) is 2.35. The highest BCUT2D eigenvalue weighted by molar-refractivity contribution is 8.00. The predicted molar refractivity (Wildman–Crippen MR) is 68.4 cm³/mol. The number of thioether (sulfide) groups is 1. The maximum absolute atomic E-state index is 13.3. The number of carboxylic acid groups (broad SMARTS) is 1. The Labute approximate surface area is 113 Å². The van der Waals surface area contributed by atoms with Gasteiger partial charge in [0.2, 0.25) is 5.91 Å². The number of carbonyl (C=O) groups is 2. The minimum Gasteiger partial charge on any atom is -0.479 e. The van der Waals surface area contributed by atoms with Gasteiger partial charge < -0.3 is 15.5 Å². The van der Waals surface area contributed by atoms with Crippen molar-refractivity contribution in [2.24, 2.45) is 0 Å². The number of hydrogen-bond donors (Lipinski definition) is 3. The van der Waals surface area contributed by atoms with Gasteiger partial charge in [0.05, 0.1) is 12.3 Å². The normalized spacial score (nSPS) is 13.6. The third-order valence-electron chi connectivity index (χ3n) is 2.29. The summed E-state index contributed by atoms with van der Waals surface area (Å²) in [5.74, 6) is -2.38. The van der Waals surface area contributed by atoms with E-state index >= 15 is 0 Å². The van der Waals surface area contributed by atoms with Crippen LogP contribution in [0.2, 0.25) is 0 Å². The van der Waals surface area contributed by atoms with Gasteiger partial charge in [-0.15, -0.1) is 11.8 Å². The van der Waals surface area contributed by atoms with Crippen molar-refractivity contribution in [3.05, 3.63) is 30.1 Å². The molecule has 19 heavy (non-hydrogen) atoms. The fourth-order valence-electron chi connectivity index (χ4n) is 1.10. The Bertz CT molecular complexity index is 479. The van der Waals surface area contributed by atoms with Crippen molar-refractivity contribution in [2.75, 3.05) is 12.3 Å². The maximum atomic E-state index is 13.3. The second kappa shape index (κ2) is 6.53. The van der Waals surface area contributed by atoms with Gasteiger partial charge in [0, 0.05) is 4.90 Å². The van der Waals surface area contributed by atoms with Crippen molar-refractivity contribution in [3.8, 4) is 0 Å². The van der Waals surface area contributed by atoms with E-state index in [1.165, 1.54) is 6.07 Å². The van der Waals surface area contributed by atoms with Crippen molar-refractivity contribution in [3.63, 3.8) is 0 Å². The second-order valence-electron chi connectivity index (χ2n) is 4.07. The van der Waals surface area contributed by atoms with Gasteiger partial charge in [0.25, 0.3) is 0 Å². The van der Waals surface area contributed by atoms with Crippen LogP contribution < -0.4 is 5.32 Å². The first-order valence-corrected chi connectivity index (χ1v) is 6.41. The summed E-state index contributed by atoms with van der Waals surface area (Å²) < 4.78 is 13.3. The predicted octanol–water partition coefficient (Wildman–Crippen LogP) is 0.870. The summed E-state index contributed by atoms with van der Waals surface area (Å²) >= 11 is 0.998. The Kier molecular flexibility index (Phi) is 5.31. The van der Waals surface area contributed by atoms with E-state index in [1.807, 2.05) is 0 Å². The lowest BCUT2D eigenvalue weighted by atomic mass is 10.1. The third-order valence-corrected chi connectivity index (χ3v) is 3.33. The molecule has 0 aliphatic heterocycles. The molecule has 0 aliphatic rings. The van der Waals surface area contributed by atoms with Gasteiger partial charge in [-0.3, -0.25) is 4.79 Å². The van der Waals surface area contributed by atoms with Crippen LogP contribution in [0.15, 0.2) is 29.2 Å². The smallest absolute Gasteiger partial charge is 0.337 e. The lowest BCUT2D eigenvalue weighted by molar-refractivity contribution is -0.156. The van der Waals surface area contributed by atoms with E-state index in [0.717, 1.165) is 18.7 Å². The number of aliphatic carboxylic acids is 1. The molecule has 104 valence electrons. The molecule has 0 aromatic heterocycles. The third kappa shape index (κ3) is 4.88. The SMILES string of the molecule is CC(O)(CNC(=O)CSc1ccccc1F)C(=O)O. The van der Waals surface area contributed by atoms with Crippen LogP contribution in [0.25, 0.3) is 0 Å². The first kappa shape index (κ1) is 15.5. The molecule has 1 aromatic rings. The van der Waals surface area contributed by atoms with Crippen molar-refractivity contribution < 1.29 is 24.2 Å². The average molecular weight is 287 g/mol. The van der Waals surface area contributed by atoms with E-state index in [2.05, 4.69) is 5.32 Å². The summed E-state index contributed by atoms with van der Waals surface area (Å²) in [6, 6.07) is 6.03. The standard InChI is InChI=1S/C12H14FNO4S/c1-12(18,11(16)17)7-14-10(15)6-19-9-5-3-2-4-8(9)13/h2-5,18H,6-7H2,1H3,(H,14,15)(H,16,17). The monoisotopic (exact) mass is 287 g/mol. The summed E-state index contributed by atoms with van der Waals surface area (Å²) in [5.41, 5.74) is -2.02. The minimum absolute atomic E-state index is 0.0589. The van der Waals surface area contributed by atoms with Crippen LogP contribution in [0.1, 0.15) is 6.92 Å². The van der Waals surface area contributed by atoms with Gasteiger partial charge in [0.15, 0.2) is 5.60 Å². The number of hydrogen-bond acceptors (Lipinski definition) is 4. The molecule has 0 heterocycles. The molecule has 7 heteroatoms. The molecular formula is C12H14FNO4S. The molecule has 0 fully saturated rings. The summed E-state index contributed by atoms with van der Waals surface area (Å²) in [4.78, 5) is 22.4. The molecule has 1 rings (SSSR count). The minimum atomic E-state index is -2.02. The van der Waals surface area contributed by atoms with Crippen LogP contribution in [0.3, 0.4) is 0 Å². The zero-order valence-electron chi connectivity index (χ0n) is 10.2. The highest BCUT2D eigenvalue weighted by atomic mass is 32.2. The molecule has 1 atom stereocenters. The fourth-order valence-corrected chi connectivity index (χ4v) is 1.87. The number of nitrogens with one attached hydrogen (secondary N) is 1. The van der Waals surface area contributed by atoms with Crippen molar-refractivity contribution in [1.29, 1.82) is 0 Å². The maximum Gasteiger partial charge on any atom is 0.337 e. The Morgan fingerprint density at radius 1 is 1.42 bits per heavy atom. The zero-order chi connectivity index (χ0) is 14.5. The molecule has 3 N–H and O–H groups in total. The summed E-state index contributed by atoms with van der Waals surface area (Å²) in [5, 5.41) is 20.3. The van der Waals surface area contributed by atoms with Gasteiger partial charge in [-0.2, -0.15) is 0 Å². The van der Waals surface area contributed by atoms with Gasteiger partial charge in [-0.25, -0.2) is 9.18 Å². The van der Waals surface area contributed by atoms with E-state index in [1.54, 1.807) is 18.2 Å². The van der Waals surface area contributed by atoms with Gasteiger partial charge in [-0.05, 0) is 19.1 Å². The van der Waals surface area contributed by atoms with E-state index in [9.17, 15) is 19.1 Å². The zero-order valence-corrected chi connectivity index (χ0v) is 11.0.